The minimum atomic E-state index is -0.364. The van der Waals surface area contributed by atoms with Crippen molar-refractivity contribution in [3.8, 4) is 0 Å². The number of likely N-dealkylation sites (tertiary alicyclic amines) is 1. The zero-order chi connectivity index (χ0) is 15.4. The standard InChI is InChI=1S/C15H17N3O3S/c1-16-13(20)11-10(12(19)17-5-2-6-17)8-22-14(11)18(15(16)21)7-9-3-4-9/h8-9H,2-7H2,1H3. The highest BCUT2D eigenvalue weighted by Gasteiger charge is 2.29. The maximum Gasteiger partial charge on any atom is 0.331 e. The van der Waals surface area contributed by atoms with Crippen LogP contribution < -0.4 is 11.2 Å². The number of thiophene rings is 1. The number of nitrogens with zero attached hydrogens (tertiary/aromatic N) is 3. The number of aromatic nitrogens is 2. The van der Waals surface area contributed by atoms with Gasteiger partial charge in [0.15, 0.2) is 0 Å². The van der Waals surface area contributed by atoms with Gasteiger partial charge < -0.3 is 4.90 Å². The van der Waals surface area contributed by atoms with Crippen molar-refractivity contribution >= 4 is 27.5 Å². The summed E-state index contributed by atoms with van der Waals surface area (Å²) < 4.78 is 2.80. The number of amides is 1. The SMILES string of the molecule is Cn1c(=O)c2c(C(=O)N3CCC3)csc2n(CC2CC2)c1=O. The zero-order valence-electron chi connectivity index (χ0n) is 12.4. The van der Waals surface area contributed by atoms with Crippen LogP contribution in [0.3, 0.4) is 0 Å². The number of rotatable bonds is 3. The molecule has 4 rings (SSSR count). The van der Waals surface area contributed by atoms with Gasteiger partial charge in [-0.25, -0.2) is 4.79 Å². The van der Waals surface area contributed by atoms with Crippen molar-refractivity contribution in [2.45, 2.75) is 25.8 Å². The lowest BCUT2D eigenvalue weighted by atomic mass is 10.1. The molecule has 6 nitrogen and oxygen atoms in total. The van der Waals surface area contributed by atoms with Crippen molar-refractivity contribution in [3.05, 3.63) is 31.8 Å². The minimum Gasteiger partial charge on any atom is -0.338 e. The Hall–Kier alpha value is -1.89. The molecule has 22 heavy (non-hydrogen) atoms. The van der Waals surface area contributed by atoms with Gasteiger partial charge in [-0.15, -0.1) is 11.3 Å². The van der Waals surface area contributed by atoms with Crippen LogP contribution in [0.25, 0.3) is 10.2 Å². The molecule has 1 saturated heterocycles. The highest BCUT2D eigenvalue weighted by Crippen LogP contribution is 2.32. The highest BCUT2D eigenvalue weighted by atomic mass is 32.1. The maximum atomic E-state index is 12.5. The van der Waals surface area contributed by atoms with Crippen LogP contribution in [0.1, 0.15) is 29.6 Å². The van der Waals surface area contributed by atoms with E-state index in [4.69, 9.17) is 0 Å². The Kier molecular flexibility index (Phi) is 3.00. The van der Waals surface area contributed by atoms with Crippen LogP contribution >= 0.6 is 11.3 Å². The van der Waals surface area contributed by atoms with Gasteiger partial charge in [0.1, 0.15) is 4.83 Å². The van der Waals surface area contributed by atoms with Gasteiger partial charge in [-0.2, -0.15) is 0 Å². The molecule has 2 aliphatic rings. The van der Waals surface area contributed by atoms with Crippen LogP contribution in [0.15, 0.2) is 15.0 Å². The van der Waals surface area contributed by atoms with E-state index in [0.29, 0.717) is 28.2 Å². The molecule has 2 aromatic rings. The third kappa shape index (κ3) is 1.95. The third-order valence-electron chi connectivity index (χ3n) is 4.56. The normalized spacial score (nSPS) is 17.8. The topological polar surface area (TPSA) is 64.3 Å². The second-order valence-corrected chi connectivity index (χ2v) is 7.03. The summed E-state index contributed by atoms with van der Waals surface area (Å²) in [5.74, 6) is 0.432. The average molecular weight is 319 g/mol. The highest BCUT2D eigenvalue weighted by molar-refractivity contribution is 7.17. The van der Waals surface area contributed by atoms with Gasteiger partial charge in [0.2, 0.25) is 0 Å². The van der Waals surface area contributed by atoms with E-state index in [2.05, 4.69) is 0 Å². The summed E-state index contributed by atoms with van der Waals surface area (Å²) in [4.78, 5) is 39.8. The molecule has 0 N–H and O–H groups in total. The molecule has 3 heterocycles. The fourth-order valence-electron chi connectivity index (χ4n) is 2.84. The van der Waals surface area contributed by atoms with Crippen molar-refractivity contribution in [1.29, 1.82) is 0 Å². The van der Waals surface area contributed by atoms with E-state index < -0.39 is 0 Å². The first-order valence-corrected chi connectivity index (χ1v) is 8.46. The first-order chi connectivity index (χ1) is 10.6. The Balaban J connectivity index is 1.93. The van der Waals surface area contributed by atoms with E-state index in [9.17, 15) is 14.4 Å². The van der Waals surface area contributed by atoms with Crippen LogP contribution in [-0.2, 0) is 13.6 Å². The molecule has 1 amide bonds. The summed E-state index contributed by atoms with van der Waals surface area (Å²) in [6.07, 6.45) is 3.27. The van der Waals surface area contributed by atoms with Crippen LogP contribution in [0.5, 0.6) is 0 Å². The van der Waals surface area contributed by atoms with Crippen molar-refractivity contribution in [2.75, 3.05) is 13.1 Å². The van der Waals surface area contributed by atoms with Crippen LogP contribution in [0.4, 0.5) is 0 Å². The lowest BCUT2D eigenvalue weighted by Crippen LogP contribution is -2.43. The number of carbonyl (C=O) groups is 1. The molecule has 1 aliphatic heterocycles. The summed E-state index contributed by atoms with van der Waals surface area (Å²) in [6, 6.07) is 0. The van der Waals surface area contributed by atoms with E-state index in [1.54, 1.807) is 14.8 Å². The summed E-state index contributed by atoms with van der Waals surface area (Å²) in [6.45, 7) is 2.14. The van der Waals surface area contributed by atoms with E-state index in [1.165, 1.54) is 18.4 Å². The summed E-state index contributed by atoms with van der Waals surface area (Å²) >= 11 is 1.33. The third-order valence-corrected chi connectivity index (χ3v) is 5.57. The van der Waals surface area contributed by atoms with Crippen molar-refractivity contribution in [2.24, 2.45) is 13.0 Å². The van der Waals surface area contributed by atoms with Gasteiger partial charge >= 0.3 is 5.69 Å². The number of hydrogen-bond acceptors (Lipinski definition) is 4. The number of fused-ring (bicyclic) bond motifs is 1. The summed E-state index contributed by atoms with van der Waals surface area (Å²) in [5.41, 5.74) is -0.198. The first kappa shape index (κ1) is 13.8. The van der Waals surface area contributed by atoms with Gasteiger partial charge in [0.25, 0.3) is 11.5 Å². The fourth-order valence-corrected chi connectivity index (χ4v) is 3.89. The second-order valence-electron chi connectivity index (χ2n) is 6.18. The summed E-state index contributed by atoms with van der Waals surface area (Å²) in [5, 5.41) is 2.14. The Morgan fingerprint density at radius 2 is 2.05 bits per heavy atom. The molecule has 0 atom stereocenters. The zero-order valence-corrected chi connectivity index (χ0v) is 13.2. The van der Waals surface area contributed by atoms with E-state index in [0.717, 1.165) is 36.9 Å². The molecule has 0 spiro atoms. The van der Waals surface area contributed by atoms with Crippen molar-refractivity contribution in [3.63, 3.8) is 0 Å². The molecule has 0 radical (unpaired) electrons. The molecule has 1 saturated carbocycles. The van der Waals surface area contributed by atoms with Crippen molar-refractivity contribution in [1.82, 2.24) is 14.0 Å². The minimum absolute atomic E-state index is 0.0915. The quantitative estimate of drug-likeness (QED) is 0.848. The molecule has 0 unspecified atom stereocenters. The van der Waals surface area contributed by atoms with Gasteiger partial charge in [-0.05, 0) is 25.2 Å². The van der Waals surface area contributed by atoms with Gasteiger partial charge in [0.05, 0.1) is 10.9 Å². The molecular weight excluding hydrogens is 302 g/mol. The van der Waals surface area contributed by atoms with E-state index in [-0.39, 0.29) is 17.2 Å². The monoisotopic (exact) mass is 319 g/mol. The molecular formula is C15H17N3O3S. The summed E-state index contributed by atoms with van der Waals surface area (Å²) in [7, 11) is 1.49. The van der Waals surface area contributed by atoms with Crippen LogP contribution in [-0.4, -0.2) is 33.0 Å². The molecule has 7 heteroatoms. The lowest BCUT2D eigenvalue weighted by Gasteiger charge is -2.30. The largest absolute Gasteiger partial charge is 0.338 e. The number of hydrogen-bond donors (Lipinski definition) is 0. The molecule has 0 bridgehead atoms. The fraction of sp³-hybridized carbons (Fsp3) is 0.533. The Bertz CT molecular complexity index is 884. The molecule has 2 fully saturated rings. The Morgan fingerprint density at radius 3 is 2.64 bits per heavy atom. The average Bonchev–Trinajstić information content (AvgIpc) is 3.15. The van der Waals surface area contributed by atoms with E-state index in [1.807, 2.05) is 0 Å². The van der Waals surface area contributed by atoms with Gasteiger partial charge in [-0.1, -0.05) is 0 Å². The van der Waals surface area contributed by atoms with Crippen LogP contribution in [0.2, 0.25) is 0 Å². The maximum absolute atomic E-state index is 12.5. The first-order valence-electron chi connectivity index (χ1n) is 7.58. The molecule has 0 aromatic carbocycles. The smallest absolute Gasteiger partial charge is 0.331 e. The Morgan fingerprint density at radius 1 is 1.32 bits per heavy atom. The number of carbonyl (C=O) groups excluding carboxylic acids is 1. The Labute approximate surface area is 130 Å². The predicted molar refractivity (Wildman–Crippen MR) is 84.6 cm³/mol. The molecule has 116 valence electrons. The molecule has 2 aromatic heterocycles. The second kappa shape index (κ2) is 4.81. The van der Waals surface area contributed by atoms with Crippen LogP contribution in [0, 0.1) is 5.92 Å². The lowest BCUT2D eigenvalue weighted by molar-refractivity contribution is 0.0654. The predicted octanol–water partition coefficient (Wildman–Crippen LogP) is 1.02. The van der Waals surface area contributed by atoms with Crippen molar-refractivity contribution < 1.29 is 4.79 Å². The van der Waals surface area contributed by atoms with Gasteiger partial charge in [-0.3, -0.25) is 18.7 Å². The molecule has 1 aliphatic carbocycles. The van der Waals surface area contributed by atoms with E-state index >= 15 is 0 Å². The van der Waals surface area contributed by atoms with Gasteiger partial charge in [0, 0.05) is 32.1 Å².